The standard InChI is InChI=1S/C10H13NO2/c1-3-13-10(12)11-9-6-4-8(2)5-7-9/h4-7H,3H2,1-2H3,(H,11,12). The molecule has 3 heteroatoms. The third-order valence-corrected chi connectivity index (χ3v) is 1.57. The van der Waals surface area contributed by atoms with Crippen LogP contribution in [0.5, 0.6) is 0 Å². The van der Waals surface area contributed by atoms with Gasteiger partial charge in [0.2, 0.25) is 0 Å². The Morgan fingerprint density at radius 3 is 2.54 bits per heavy atom. The van der Waals surface area contributed by atoms with Gasteiger partial charge in [-0.1, -0.05) is 17.7 Å². The van der Waals surface area contributed by atoms with Crippen molar-refractivity contribution in [3.05, 3.63) is 29.8 Å². The highest BCUT2D eigenvalue weighted by atomic mass is 16.5. The lowest BCUT2D eigenvalue weighted by Crippen LogP contribution is -2.12. The zero-order valence-corrected chi connectivity index (χ0v) is 7.83. The number of benzene rings is 1. The number of ether oxygens (including phenoxy) is 1. The third-order valence-electron chi connectivity index (χ3n) is 1.57. The van der Waals surface area contributed by atoms with E-state index < -0.39 is 6.09 Å². The summed E-state index contributed by atoms with van der Waals surface area (Å²) in [5, 5.41) is 2.61. The van der Waals surface area contributed by atoms with Gasteiger partial charge in [0.05, 0.1) is 6.61 Å². The number of carbonyl (C=O) groups is 1. The van der Waals surface area contributed by atoms with Gasteiger partial charge in [-0.05, 0) is 26.0 Å². The van der Waals surface area contributed by atoms with E-state index in [9.17, 15) is 4.79 Å². The van der Waals surface area contributed by atoms with Crippen LogP contribution in [0, 0.1) is 6.92 Å². The predicted molar refractivity (Wildman–Crippen MR) is 51.8 cm³/mol. The summed E-state index contributed by atoms with van der Waals surface area (Å²) in [6.45, 7) is 4.15. The Morgan fingerprint density at radius 1 is 1.38 bits per heavy atom. The molecular weight excluding hydrogens is 166 g/mol. The minimum Gasteiger partial charge on any atom is -0.450 e. The summed E-state index contributed by atoms with van der Waals surface area (Å²) in [6.07, 6.45) is -0.411. The highest BCUT2D eigenvalue weighted by Crippen LogP contribution is 2.08. The Bertz CT molecular complexity index is 279. The van der Waals surface area contributed by atoms with Gasteiger partial charge in [0.25, 0.3) is 0 Å². The highest BCUT2D eigenvalue weighted by Gasteiger charge is 1.99. The van der Waals surface area contributed by atoms with Gasteiger partial charge in [0, 0.05) is 5.69 Å². The number of amides is 1. The molecule has 0 heterocycles. The number of aryl methyl sites for hydroxylation is 1. The molecular formula is C10H13NO2. The maximum atomic E-state index is 11.0. The molecule has 1 N–H and O–H groups in total. The number of hydrogen-bond donors (Lipinski definition) is 1. The zero-order chi connectivity index (χ0) is 9.68. The van der Waals surface area contributed by atoms with Crippen LogP contribution in [0.4, 0.5) is 10.5 Å². The number of anilines is 1. The number of hydrogen-bond acceptors (Lipinski definition) is 2. The predicted octanol–water partition coefficient (Wildman–Crippen LogP) is 2.56. The van der Waals surface area contributed by atoms with Crippen LogP contribution in [0.2, 0.25) is 0 Å². The largest absolute Gasteiger partial charge is 0.450 e. The van der Waals surface area contributed by atoms with E-state index in [4.69, 9.17) is 4.74 Å². The van der Waals surface area contributed by atoms with E-state index in [1.165, 1.54) is 0 Å². The van der Waals surface area contributed by atoms with Crippen molar-refractivity contribution in [2.45, 2.75) is 13.8 Å². The van der Waals surface area contributed by atoms with Crippen molar-refractivity contribution < 1.29 is 9.53 Å². The van der Waals surface area contributed by atoms with Crippen molar-refractivity contribution in [3.63, 3.8) is 0 Å². The van der Waals surface area contributed by atoms with Crippen molar-refractivity contribution >= 4 is 11.8 Å². The summed E-state index contributed by atoms with van der Waals surface area (Å²) < 4.78 is 4.73. The monoisotopic (exact) mass is 179 g/mol. The van der Waals surface area contributed by atoms with Crippen LogP contribution in [0.25, 0.3) is 0 Å². The maximum Gasteiger partial charge on any atom is 0.411 e. The first-order valence-corrected chi connectivity index (χ1v) is 4.23. The quantitative estimate of drug-likeness (QED) is 0.757. The van der Waals surface area contributed by atoms with Gasteiger partial charge in [0.15, 0.2) is 0 Å². The Morgan fingerprint density at radius 2 is 2.00 bits per heavy atom. The molecule has 0 aliphatic carbocycles. The lowest BCUT2D eigenvalue weighted by Gasteiger charge is -2.04. The van der Waals surface area contributed by atoms with E-state index >= 15 is 0 Å². The SMILES string of the molecule is CCOC(=O)Nc1ccc(C)cc1. The molecule has 0 aliphatic heterocycles. The van der Waals surface area contributed by atoms with Crippen molar-refractivity contribution in [1.29, 1.82) is 0 Å². The van der Waals surface area contributed by atoms with Gasteiger partial charge in [0.1, 0.15) is 0 Å². The molecule has 1 amide bonds. The number of rotatable bonds is 2. The normalized spacial score (nSPS) is 9.38. The van der Waals surface area contributed by atoms with E-state index in [0.717, 1.165) is 11.3 Å². The Kier molecular flexibility index (Phi) is 3.31. The second-order valence-corrected chi connectivity index (χ2v) is 2.71. The Labute approximate surface area is 77.7 Å². The van der Waals surface area contributed by atoms with Gasteiger partial charge < -0.3 is 4.74 Å². The fourth-order valence-corrected chi connectivity index (χ4v) is 0.922. The fraction of sp³-hybridized carbons (Fsp3) is 0.300. The zero-order valence-electron chi connectivity index (χ0n) is 7.83. The first kappa shape index (κ1) is 9.58. The molecule has 0 aliphatic rings. The summed E-state index contributed by atoms with van der Waals surface area (Å²) >= 11 is 0. The summed E-state index contributed by atoms with van der Waals surface area (Å²) in [5.74, 6) is 0. The van der Waals surface area contributed by atoms with Gasteiger partial charge in [-0.25, -0.2) is 4.79 Å². The summed E-state index contributed by atoms with van der Waals surface area (Å²) in [4.78, 5) is 11.0. The van der Waals surface area contributed by atoms with E-state index in [1.807, 2.05) is 31.2 Å². The average molecular weight is 179 g/mol. The minimum absolute atomic E-state index is 0.387. The third kappa shape index (κ3) is 3.15. The molecule has 0 saturated heterocycles. The molecule has 0 aromatic heterocycles. The van der Waals surface area contributed by atoms with Crippen molar-refractivity contribution in [2.75, 3.05) is 11.9 Å². The topological polar surface area (TPSA) is 38.3 Å². The first-order valence-electron chi connectivity index (χ1n) is 4.23. The van der Waals surface area contributed by atoms with Crippen LogP contribution in [0.3, 0.4) is 0 Å². The molecule has 70 valence electrons. The summed E-state index contributed by atoms with van der Waals surface area (Å²) in [5.41, 5.74) is 1.92. The second kappa shape index (κ2) is 4.50. The molecule has 0 fully saturated rings. The molecule has 1 aromatic rings. The van der Waals surface area contributed by atoms with E-state index in [0.29, 0.717) is 6.61 Å². The number of carbonyl (C=O) groups excluding carboxylic acids is 1. The first-order chi connectivity index (χ1) is 6.22. The molecule has 1 aromatic carbocycles. The van der Waals surface area contributed by atoms with Crippen molar-refractivity contribution in [3.8, 4) is 0 Å². The van der Waals surface area contributed by atoms with Gasteiger partial charge in [-0.3, -0.25) is 5.32 Å². The molecule has 0 radical (unpaired) electrons. The summed E-state index contributed by atoms with van der Waals surface area (Å²) in [6, 6.07) is 7.54. The smallest absolute Gasteiger partial charge is 0.411 e. The Balaban J connectivity index is 2.54. The van der Waals surface area contributed by atoms with Crippen LogP contribution in [-0.4, -0.2) is 12.7 Å². The van der Waals surface area contributed by atoms with Crippen LogP contribution >= 0.6 is 0 Å². The van der Waals surface area contributed by atoms with Gasteiger partial charge in [-0.2, -0.15) is 0 Å². The molecule has 13 heavy (non-hydrogen) atoms. The molecule has 1 rings (SSSR count). The fourth-order valence-electron chi connectivity index (χ4n) is 0.922. The molecule has 0 unspecified atom stereocenters. The molecule has 0 bridgehead atoms. The second-order valence-electron chi connectivity index (χ2n) is 2.71. The van der Waals surface area contributed by atoms with Crippen LogP contribution in [0.15, 0.2) is 24.3 Å². The van der Waals surface area contributed by atoms with E-state index in [1.54, 1.807) is 6.92 Å². The molecule has 0 spiro atoms. The Hall–Kier alpha value is -1.51. The van der Waals surface area contributed by atoms with Gasteiger partial charge >= 0.3 is 6.09 Å². The van der Waals surface area contributed by atoms with E-state index in [-0.39, 0.29) is 0 Å². The van der Waals surface area contributed by atoms with Crippen LogP contribution in [0.1, 0.15) is 12.5 Å². The van der Waals surface area contributed by atoms with Crippen LogP contribution in [-0.2, 0) is 4.74 Å². The minimum atomic E-state index is -0.411. The number of nitrogens with one attached hydrogen (secondary N) is 1. The average Bonchev–Trinajstić information content (AvgIpc) is 2.09. The molecule has 0 atom stereocenters. The highest BCUT2D eigenvalue weighted by molar-refractivity contribution is 5.84. The van der Waals surface area contributed by atoms with Crippen LogP contribution < -0.4 is 5.32 Å². The molecule has 3 nitrogen and oxygen atoms in total. The lowest BCUT2D eigenvalue weighted by molar-refractivity contribution is 0.168. The lowest BCUT2D eigenvalue weighted by atomic mass is 10.2. The molecule has 0 saturated carbocycles. The summed E-state index contributed by atoms with van der Waals surface area (Å²) in [7, 11) is 0. The van der Waals surface area contributed by atoms with Crippen molar-refractivity contribution in [2.24, 2.45) is 0 Å². The van der Waals surface area contributed by atoms with Crippen molar-refractivity contribution in [1.82, 2.24) is 0 Å². The van der Waals surface area contributed by atoms with E-state index in [2.05, 4.69) is 5.32 Å². The van der Waals surface area contributed by atoms with Gasteiger partial charge in [-0.15, -0.1) is 0 Å². The maximum absolute atomic E-state index is 11.0.